The van der Waals surface area contributed by atoms with Crippen molar-refractivity contribution < 1.29 is 14.0 Å². The maximum atomic E-state index is 11.9. The van der Waals surface area contributed by atoms with E-state index in [4.69, 9.17) is 10.2 Å². The third-order valence-corrected chi connectivity index (χ3v) is 2.66. The van der Waals surface area contributed by atoms with Crippen molar-refractivity contribution >= 4 is 11.8 Å². The Labute approximate surface area is 110 Å². The van der Waals surface area contributed by atoms with Gasteiger partial charge in [0.25, 0.3) is 5.91 Å². The van der Waals surface area contributed by atoms with Gasteiger partial charge in [0, 0.05) is 0 Å². The lowest BCUT2D eigenvalue weighted by Gasteiger charge is -2.14. The van der Waals surface area contributed by atoms with Crippen LogP contribution in [0.1, 0.15) is 27.9 Å². The topological polar surface area (TPSA) is 85.3 Å². The predicted octanol–water partition coefficient (Wildman–Crippen LogP) is 1.54. The molecule has 0 spiro atoms. The van der Waals surface area contributed by atoms with Gasteiger partial charge in [0.15, 0.2) is 5.76 Å². The lowest BCUT2D eigenvalue weighted by Crippen LogP contribution is -2.37. The maximum absolute atomic E-state index is 11.9. The Morgan fingerprint density at radius 2 is 1.84 bits per heavy atom. The molecule has 5 nitrogen and oxygen atoms in total. The van der Waals surface area contributed by atoms with Crippen LogP contribution in [0.2, 0.25) is 0 Å². The third-order valence-electron chi connectivity index (χ3n) is 2.66. The van der Waals surface area contributed by atoms with Gasteiger partial charge in [-0.1, -0.05) is 30.3 Å². The van der Waals surface area contributed by atoms with E-state index in [1.807, 2.05) is 6.07 Å². The molecule has 0 aliphatic rings. The molecule has 98 valence electrons. The van der Waals surface area contributed by atoms with Gasteiger partial charge < -0.3 is 15.5 Å². The Hall–Kier alpha value is -2.56. The minimum atomic E-state index is -0.876. The van der Waals surface area contributed by atoms with E-state index in [0.29, 0.717) is 11.3 Å². The lowest BCUT2D eigenvalue weighted by atomic mass is 10.1. The second-order valence-corrected chi connectivity index (χ2v) is 4.13. The smallest absolute Gasteiger partial charge is 0.287 e. The zero-order valence-corrected chi connectivity index (χ0v) is 10.4. The molecule has 1 atom stereocenters. The molecule has 1 aromatic carbocycles. The van der Waals surface area contributed by atoms with Crippen molar-refractivity contribution in [3.05, 3.63) is 59.5 Å². The number of amides is 2. The SMILES string of the molecule is Cc1ccc(C(=O)NC(C(N)=O)c2ccccc2)o1. The Morgan fingerprint density at radius 3 is 2.37 bits per heavy atom. The molecular weight excluding hydrogens is 244 g/mol. The van der Waals surface area contributed by atoms with Gasteiger partial charge in [0.1, 0.15) is 11.8 Å². The number of primary amides is 1. The van der Waals surface area contributed by atoms with Gasteiger partial charge in [-0.2, -0.15) is 0 Å². The monoisotopic (exact) mass is 258 g/mol. The van der Waals surface area contributed by atoms with Gasteiger partial charge in [0.05, 0.1) is 0 Å². The normalized spacial score (nSPS) is 11.8. The first-order valence-corrected chi connectivity index (χ1v) is 5.79. The van der Waals surface area contributed by atoms with Crippen molar-refractivity contribution in [1.82, 2.24) is 5.32 Å². The van der Waals surface area contributed by atoms with Crippen LogP contribution in [0, 0.1) is 6.92 Å². The average Bonchev–Trinajstić information content (AvgIpc) is 2.83. The number of hydrogen-bond donors (Lipinski definition) is 2. The maximum Gasteiger partial charge on any atom is 0.287 e. The zero-order valence-electron chi connectivity index (χ0n) is 10.4. The van der Waals surface area contributed by atoms with E-state index in [1.54, 1.807) is 43.3 Å². The zero-order chi connectivity index (χ0) is 13.8. The molecule has 2 rings (SSSR count). The number of carbonyl (C=O) groups excluding carboxylic acids is 2. The van der Waals surface area contributed by atoms with Crippen molar-refractivity contribution in [2.24, 2.45) is 5.73 Å². The lowest BCUT2D eigenvalue weighted by molar-refractivity contribution is -0.120. The number of nitrogens with one attached hydrogen (secondary N) is 1. The quantitative estimate of drug-likeness (QED) is 0.872. The summed E-state index contributed by atoms with van der Waals surface area (Å²) in [5.74, 6) is -0.316. The molecule has 0 radical (unpaired) electrons. The third kappa shape index (κ3) is 3.01. The van der Waals surface area contributed by atoms with E-state index < -0.39 is 17.9 Å². The summed E-state index contributed by atoms with van der Waals surface area (Å²) in [6.07, 6.45) is 0. The van der Waals surface area contributed by atoms with Gasteiger partial charge in [-0.3, -0.25) is 9.59 Å². The first-order chi connectivity index (χ1) is 9.08. The number of rotatable bonds is 4. The van der Waals surface area contributed by atoms with Crippen LogP contribution in [-0.2, 0) is 4.79 Å². The number of benzene rings is 1. The summed E-state index contributed by atoms with van der Waals surface area (Å²) in [6.45, 7) is 1.74. The van der Waals surface area contributed by atoms with Gasteiger partial charge in [-0.15, -0.1) is 0 Å². The Balaban J connectivity index is 2.18. The summed E-state index contributed by atoms with van der Waals surface area (Å²) < 4.78 is 5.20. The van der Waals surface area contributed by atoms with Crippen LogP contribution >= 0.6 is 0 Å². The van der Waals surface area contributed by atoms with Crippen LogP contribution in [0.5, 0.6) is 0 Å². The van der Waals surface area contributed by atoms with E-state index in [0.717, 1.165) is 0 Å². The molecule has 0 fully saturated rings. The molecule has 2 aromatic rings. The highest BCUT2D eigenvalue weighted by molar-refractivity contribution is 5.95. The minimum absolute atomic E-state index is 0.152. The molecule has 0 bridgehead atoms. The van der Waals surface area contributed by atoms with Gasteiger partial charge in [0.2, 0.25) is 5.91 Å². The predicted molar refractivity (Wildman–Crippen MR) is 69.3 cm³/mol. The summed E-state index contributed by atoms with van der Waals surface area (Å²) >= 11 is 0. The number of hydrogen-bond acceptors (Lipinski definition) is 3. The van der Waals surface area contributed by atoms with Gasteiger partial charge in [-0.25, -0.2) is 0 Å². The largest absolute Gasteiger partial charge is 0.456 e. The standard InChI is InChI=1S/C14H14N2O3/c1-9-7-8-11(19-9)14(18)16-12(13(15)17)10-5-3-2-4-6-10/h2-8,12H,1H3,(H2,15,17)(H,16,18). The molecule has 1 aromatic heterocycles. The van der Waals surface area contributed by atoms with E-state index >= 15 is 0 Å². The van der Waals surface area contributed by atoms with Crippen molar-refractivity contribution in [1.29, 1.82) is 0 Å². The molecule has 0 saturated carbocycles. The van der Waals surface area contributed by atoms with Crippen LogP contribution < -0.4 is 11.1 Å². The molecule has 19 heavy (non-hydrogen) atoms. The molecule has 0 saturated heterocycles. The first-order valence-electron chi connectivity index (χ1n) is 5.79. The number of nitrogens with two attached hydrogens (primary N) is 1. The van der Waals surface area contributed by atoms with Crippen LogP contribution in [-0.4, -0.2) is 11.8 Å². The molecule has 0 aliphatic carbocycles. The molecule has 3 N–H and O–H groups in total. The molecule has 1 heterocycles. The second kappa shape index (κ2) is 5.39. The second-order valence-electron chi connectivity index (χ2n) is 4.13. The number of furan rings is 1. The fourth-order valence-corrected chi connectivity index (χ4v) is 1.72. The van der Waals surface area contributed by atoms with E-state index in [2.05, 4.69) is 5.32 Å². The van der Waals surface area contributed by atoms with Crippen LogP contribution in [0.3, 0.4) is 0 Å². The molecule has 5 heteroatoms. The molecular formula is C14H14N2O3. The highest BCUT2D eigenvalue weighted by Crippen LogP contribution is 2.14. The summed E-state index contributed by atoms with van der Waals surface area (Å²) in [6, 6.07) is 11.2. The van der Waals surface area contributed by atoms with Crippen molar-refractivity contribution in [3.63, 3.8) is 0 Å². The van der Waals surface area contributed by atoms with Crippen LogP contribution in [0.4, 0.5) is 0 Å². The van der Waals surface area contributed by atoms with Crippen molar-refractivity contribution in [2.45, 2.75) is 13.0 Å². The highest BCUT2D eigenvalue weighted by atomic mass is 16.3. The van der Waals surface area contributed by atoms with Crippen molar-refractivity contribution in [2.75, 3.05) is 0 Å². The first kappa shape index (κ1) is 12.9. The molecule has 2 amide bonds. The highest BCUT2D eigenvalue weighted by Gasteiger charge is 2.22. The van der Waals surface area contributed by atoms with Crippen molar-refractivity contribution in [3.8, 4) is 0 Å². The minimum Gasteiger partial charge on any atom is -0.456 e. The van der Waals surface area contributed by atoms with Crippen LogP contribution in [0.25, 0.3) is 0 Å². The molecule has 1 unspecified atom stereocenters. The average molecular weight is 258 g/mol. The van der Waals surface area contributed by atoms with E-state index in [-0.39, 0.29) is 5.76 Å². The van der Waals surface area contributed by atoms with Gasteiger partial charge in [-0.05, 0) is 24.6 Å². The summed E-state index contributed by atoms with van der Waals surface area (Å²) in [7, 11) is 0. The van der Waals surface area contributed by atoms with E-state index in [1.165, 1.54) is 0 Å². The van der Waals surface area contributed by atoms with E-state index in [9.17, 15) is 9.59 Å². The van der Waals surface area contributed by atoms with Gasteiger partial charge >= 0.3 is 0 Å². The summed E-state index contributed by atoms with van der Waals surface area (Å²) in [4.78, 5) is 23.4. The molecule has 0 aliphatic heterocycles. The summed E-state index contributed by atoms with van der Waals surface area (Å²) in [5, 5.41) is 2.56. The Bertz CT molecular complexity index is 590. The van der Waals surface area contributed by atoms with Crippen LogP contribution in [0.15, 0.2) is 46.9 Å². The fraction of sp³-hybridized carbons (Fsp3) is 0.143. The Morgan fingerprint density at radius 1 is 1.16 bits per heavy atom. The number of aryl methyl sites for hydroxylation is 1. The fourth-order valence-electron chi connectivity index (χ4n) is 1.72. The Kier molecular flexibility index (Phi) is 3.66. The number of carbonyl (C=O) groups is 2. The summed E-state index contributed by atoms with van der Waals surface area (Å²) in [5.41, 5.74) is 5.95.